The van der Waals surface area contributed by atoms with Crippen molar-refractivity contribution < 1.29 is 18.0 Å². The lowest BCUT2D eigenvalue weighted by Crippen LogP contribution is -2.46. The summed E-state index contributed by atoms with van der Waals surface area (Å²) in [7, 11) is 0. The first-order valence-electron chi connectivity index (χ1n) is 8.43. The number of urea groups is 1. The van der Waals surface area contributed by atoms with Crippen molar-refractivity contribution in [1.29, 1.82) is 0 Å². The van der Waals surface area contributed by atoms with Gasteiger partial charge in [0.2, 0.25) is 0 Å². The van der Waals surface area contributed by atoms with Crippen LogP contribution in [0.5, 0.6) is 0 Å². The molecule has 0 bridgehead atoms. The molecule has 2 fully saturated rings. The fraction of sp³-hybridized carbons (Fsp3) is 0.529. The Bertz CT molecular complexity index is 800. The molecular formula is C17H18F3N3OS. The first kappa shape index (κ1) is 16.6. The van der Waals surface area contributed by atoms with Gasteiger partial charge < -0.3 is 10.2 Å². The SMILES string of the molecule is O=C(Nc1ccc2nc(C3CC3)sc2c1)N1CCCC(C(F)(F)F)C1. The van der Waals surface area contributed by atoms with Crippen LogP contribution >= 0.6 is 11.3 Å². The smallest absolute Gasteiger partial charge is 0.324 e. The van der Waals surface area contributed by atoms with E-state index in [1.54, 1.807) is 17.4 Å². The van der Waals surface area contributed by atoms with Crippen LogP contribution in [0.2, 0.25) is 0 Å². The Morgan fingerprint density at radius 3 is 2.80 bits per heavy atom. The molecular weight excluding hydrogens is 351 g/mol. The summed E-state index contributed by atoms with van der Waals surface area (Å²) >= 11 is 1.62. The second-order valence-corrected chi connectivity index (χ2v) is 7.83. The minimum atomic E-state index is -4.25. The molecule has 1 aliphatic carbocycles. The summed E-state index contributed by atoms with van der Waals surface area (Å²) in [5.41, 5.74) is 1.50. The number of halogens is 3. The first-order chi connectivity index (χ1) is 11.9. The van der Waals surface area contributed by atoms with E-state index in [4.69, 9.17) is 0 Å². The van der Waals surface area contributed by atoms with Gasteiger partial charge in [-0.1, -0.05) is 0 Å². The van der Waals surface area contributed by atoms with Crippen LogP contribution in [0, 0.1) is 5.92 Å². The van der Waals surface area contributed by atoms with E-state index in [2.05, 4.69) is 10.3 Å². The van der Waals surface area contributed by atoms with Gasteiger partial charge in [0.05, 0.1) is 21.1 Å². The minimum Gasteiger partial charge on any atom is -0.324 e. The normalized spacial score (nSPS) is 21.6. The van der Waals surface area contributed by atoms with Crippen molar-refractivity contribution in [2.75, 3.05) is 18.4 Å². The Labute approximate surface area is 147 Å². The molecule has 1 unspecified atom stereocenters. The molecule has 134 valence electrons. The quantitative estimate of drug-likeness (QED) is 0.811. The standard InChI is InChI=1S/C17H18F3N3OS/c18-17(19,20)11-2-1-7-23(9-11)16(24)21-12-5-6-13-14(8-12)25-15(22-13)10-3-4-10/h5-6,8,10-11H,1-4,7,9H2,(H,21,24). The van der Waals surface area contributed by atoms with Crippen molar-refractivity contribution in [2.24, 2.45) is 5.92 Å². The largest absolute Gasteiger partial charge is 0.393 e. The third-order valence-corrected chi connectivity index (χ3v) is 5.94. The number of alkyl halides is 3. The molecule has 2 amide bonds. The summed E-state index contributed by atoms with van der Waals surface area (Å²) in [5.74, 6) is -0.861. The number of thiazole rings is 1. The van der Waals surface area contributed by atoms with Gasteiger partial charge in [0.15, 0.2) is 0 Å². The summed E-state index contributed by atoms with van der Waals surface area (Å²) in [4.78, 5) is 18.2. The van der Waals surface area contributed by atoms with Crippen LogP contribution in [0.3, 0.4) is 0 Å². The lowest BCUT2D eigenvalue weighted by molar-refractivity contribution is -0.183. The molecule has 2 heterocycles. The third-order valence-electron chi connectivity index (χ3n) is 4.75. The number of benzene rings is 1. The summed E-state index contributed by atoms with van der Waals surface area (Å²) in [6.45, 7) is 0.0804. The number of nitrogens with zero attached hydrogens (tertiary/aromatic N) is 2. The van der Waals surface area contributed by atoms with Crippen molar-refractivity contribution in [2.45, 2.75) is 37.8 Å². The molecule has 1 aliphatic heterocycles. The average molecular weight is 369 g/mol. The van der Waals surface area contributed by atoms with Crippen LogP contribution in [-0.4, -0.2) is 35.2 Å². The number of likely N-dealkylation sites (tertiary alicyclic amines) is 1. The summed E-state index contributed by atoms with van der Waals surface area (Å²) in [5, 5.41) is 3.86. The van der Waals surface area contributed by atoms with Crippen molar-refractivity contribution in [1.82, 2.24) is 9.88 Å². The lowest BCUT2D eigenvalue weighted by Gasteiger charge is -2.33. The molecule has 4 nitrogen and oxygen atoms in total. The third kappa shape index (κ3) is 3.58. The highest BCUT2D eigenvalue weighted by Gasteiger charge is 2.42. The topological polar surface area (TPSA) is 45.2 Å². The Morgan fingerprint density at radius 1 is 1.28 bits per heavy atom. The number of amides is 2. The van der Waals surface area contributed by atoms with Crippen molar-refractivity contribution >= 4 is 33.3 Å². The highest BCUT2D eigenvalue weighted by atomic mass is 32.1. The van der Waals surface area contributed by atoms with Gasteiger partial charge in [-0.25, -0.2) is 9.78 Å². The number of hydrogen-bond donors (Lipinski definition) is 1. The Morgan fingerprint density at radius 2 is 2.08 bits per heavy atom. The molecule has 4 rings (SSSR count). The molecule has 1 N–H and O–H groups in total. The molecule has 25 heavy (non-hydrogen) atoms. The van der Waals surface area contributed by atoms with Gasteiger partial charge in [0, 0.05) is 24.7 Å². The highest BCUT2D eigenvalue weighted by Crippen LogP contribution is 2.43. The first-order valence-corrected chi connectivity index (χ1v) is 9.25. The van der Waals surface area contributed by atoms with Gasteiger partial charge in [-0.05, 0) is 43.9 Å². The molecule has 2 aromatic rings. The zero-order chi connectivity index (χ0) is 17.6. The highest BCUT2D eigenvalue weighted by molar-refractivity contribution is 7.18. The monoisotopic (exact) mass is 369 g/mol. The van der Waals surface area contributed by atoms with E-state index in [1.807, 2.05) is 12.1 Å². The van der Waals surface area contributed by atoms with Crippen LogP contribution in [-0.2, 0) is 0 Å². The molecule has 1 aromatic carbocycles. The number of fused-ring (bicyclic) bond motifs is 1. The number of carbonyl (C=O) groups is 1. The number of rotatable bonds is 2. The van der Waals surface area contributed by atoms with Gasteiger partial charge in [0.1, 0.15) is 0 Å². The number of hydrogen-bond acceptors (Lipinski definition) is 3. The van der Waals surface area contributed by atoms with Crippen LogP contribution in [0.4, 0.5) is 23.7 Å². The number of carbonyl (C=O) groups excluding carboxylic acids is 1. The maximum atomic E-state index is 12.9. The Kier molecular flexibility index (Phi) is 4.10. The van der Waals surface area contributed by atoms with Gasteiger partial charge in [-0.3, -0.25) is 0 Å². The molecule has 1 saturated heterocycles. The molecule has 0 spiro atoms. The van der Waals surface area contributed by atoms with Crippen LogP contribution in [0.1, 0.15) is 36.6 Å². The van der Waals surface area contributed by atoms with Gasteiger partial charge in [-0.15, -0.1) is 11.3 Å². The van der Waals surface area contributed by atoms with Crippen LogP contribution in [0.25, 0.3) is 10.2 Å². The second-order valence-electron chi connectivity index (χ2n) is 6.77. The minimum absolute atomic E-state index is 0.0873. The Balaban J connectivity index is 1.45. The van der Waals surface area contributed by atoms with E-state index in [0.29, 0.717) is 24.6 Å². The predicted molar refractivity (Wildman–Crippen MR) is 91.0 cm³/mol. The number of anilines is 1. The maximum Gasteiger partial charge on any atom is 0.393 e. The molecule has 8 heteroatoms. The van der Waals surface area contributed by atoms with E-state index in [9.17, 15) is 18.0 Å². The van der Waals surface area contributed by atoms with E-state index in [1.165, 1.54) is 17.7 Å². The molecule has 1 atom stereocenters. The lowest BCUT2D eigenvalue weighted by atomic mass is 9.98. The maximum absolute atomic E-state index is 12.9. The summed E-state index contributed by atoms with van der Waals surface area (Å²) in [6, 6.07) is 4.98. The van der Waals surface area contributed by atoms with Crippen molar-refractivity contribution in [3.8, 4) is 0 Å². The van der Waals surface area contributed by atoms with E-state index in [-0.39, 0.29) is 13.0 Å². The average Bonchev–Trinajstić information content (AvgIpc) is 3.34. The van der Waals surface area contributed by atoms with Gasteiger partial charge in [-0.2, -0.15) is 13.2 Å². The van der Waals surface area contributed by atoms with Crippen LogP contribution < -0.4 is 5.32 Å². The van der Waals surface area contributed by atoms with E-state index < -0.39 is 18.1 Å². The van der Waals surface area contributed by atoms with Crippen LogP contribution in [0.15, 0.2) is 18.2 Å². The zero-order valence-corrected chi connectivity index (χ0v) is 14.3. The van der Waals surface area contributed by atoms with Gasteiger partial charge >= 0.3 is 12.2 Å². The van der Waals surface area contributed by atoms with Crippen molar-refractivity contribution in [3.05, 3.63) is 23.2 Å². The fourth-order valence-corrected chi connectivity index (χ4v) is 4.33. The molecule has 0 radical (unpaired) electrons. The van der Waals surface area contributed by atoms with Gasteiger partial charge in [0.25, 0.3) is 0 Å². The number of piperidine rings is 1. The fourth-order valence-electron chi connectivity index (χ4n) is 3.16. The van der Waals surface area contributed by atoms with E-state index in [0.717, 1.165) is 15.2 Å². The number of aromatic nitrogens is 1. The molecule has 1 saturated carbocycles. The summed E-state index contributed by atoms with van der Waals surface area (Å²) < 4.78 is 39.7. The van der Waals surface area contributed by atoms with Crippen molar-refractivity contribution in [3.63, 3.8) is 0 Å². The second kappa shape index (κ2) is 6.16. The predicted octanol–water partition coefficient (Wildman–Crippen LogP) is 4.98. The summed E-state index contributed by atoms with van der Waals surface area (Å²) in [6.07, 6.45) is -1.43. The van der Waals surface area contributed by atoms with E-state index >= 15 is 0 Å². The Hall–Kier alpha value is -1.83. The molecule has 1 aromatic heterocycles. The zero-order valence-electron chi connectivity index (χ0n) is 13.5. The molecule has 2 aliphatic rings. The number of nitrogens with one attached hydrogen (secondary N) is 1.